The molecule has 96 valence electrons. The van der Waals surface area contributed by atoms with E-state index in [0.29, 0.717) is 5.56 Å². The van der Waals surface area contributed by atoms with Crippen molar-refractivity contribution >= 4 is 26.0 Å². The number of benzene rings is 1. The Morgan fingerprint density at radius 2 is 2.12 bits per heavy atom. The summed E-state index contributed by atoms with van der Waals surface area (Å²) in [6.07, 6.45) is 0.810. The lowest BCUT2D eigenvalue weighted by Gasteiger charge is -2.11. The molecule has 0 aliphatic rings. The highest BCUT2D eigenvalue weighted by atomic mass is 79.9. The summed E-state index contributed by atoms with van der Waals surface area (Å²) in [4.78, 5) is 0.0689. The molecule has 0 aliphatic carbocycles. The highest BCUT2D eigenvalue weighted by molar-refractivity contribution is 9.09. The van der Waals surface area contributed by atoms with E-state index >= 15 is 0 Å². The van der Waals surface area contributed by atoms with Gasteiger partial charge in [-0.25, -0.2) is 17.5 Å². The lowest BCUT2D eigenvalue weighted by Crippen LogP contribution is -2.30. The number of aryl methyl sites for hydroxylation is 1. The third-order valence-electron chi connectivity index (χ3n) is 2.38. The molecule has 1 unspecified atom stereocenters. The zero-order valence-corrected chi connectivity index (χ0v) is 12.1. The second kappa shape index (κ2) is 5.93. The lowest BCUT2D eigenvalue weighted by molar-refractivity contribution is 0.575. The predicted octanol–water partition coefficient (Wildman–Crippen LogP) is 2.59. The zero-order valence-electron chi connectivity index (χ0n) is 9.70. The number of hydrogen-bond donors (Lipinski definition) is 1. The average Bonchev–Trinajstić information content (AvgIpc) is 2.29. The molecule has 0 bridgehead atoms. The van der Waals surface area contributed by atoms with E-state index in [0.717, 1.165) is 12.5 Å². The van der Waals surface area contributed by atoms with Crippen LogP contribution in [0.15, 0.2) is 23.1 Å². The van der Waals surface area contributed by atoms with Gasteiger partial charge < -0.3 is 0 Å². The molecule has 1 N–H and O–H groups in total. The number of alkyl halides is 1. The molecule has 1 atom stereocenters. The van der Waals surface area contributed by atoms with E-state index in [-0.39, 0.29) is 16.3 Å². The average molecular weight is 324 g/mol. The van der Waals surface area contributed by atoms with E-state index in [1.165, 1.54) is 12.1 Å². The zero-order chi connectivity index (χ0) is 13.1. The molecule has 0 amide bonds. The predicted molar refractivity (Wildman–Crippen MR) is 69.3 cm³/mol. The molecule has 1 aromatic carbocycles. The van der Waals surface area contributed by atoms with Crippen molar-refractivity contribution in [2.24, 2.45) is 0 Å². The highest BCUT2D eigenvalue weighted by Gasteiger charge is 2.18. The molecule has 0 aromatic heterocycles. The molecule has 1 aromatic rings. The van der Waals surface area contributed by atoms with Crippen molar-refractivity contribution in [3.63, 3.8) is 0 Å². The fourth-order valence-corrected chi connectivity index (χ4v) is 3.00. The van der Waals surface area contributed by atoms with Crippen LogP contribution >= 0.6 is 15.9 Å². The maximum atomic E-state index is 13.0. The van der Waals surface area contributed by atoms with Gasteiger partial charge in [-0.1, -0.05) is 28.9 Å². The Morgan fingerprint density at radius 1 is 1.47 bits per heavy atom. The summed E-state index contributed by atoms with van der Waals surface area (Å²) in [6, 6.07) is 3.73. The monoisotopic (exact) mass is 323 g/mol. The number of sulfonamides is 1. The summed E-state index contributed by atoms with van der Waals surface area (Å²) >= 11 is 3.33. The Bertz CT molecular complexity index is 490. The Morgan fingerprint density at radius 3 is 2.71 bits per heavy atom. The number of halogens is 2. The first-order valence-corrected chi connectivity index (χ1v) is 7.66. The van der Waals surface area contributed by atoms with E-state index in [2.05, 4.69) is 20.7 Å². The van der Waals surface area contributed by atoms with Crippen LogP contribution in [0, 0.1) is 12.7 Å². The second-order valence-corrected chi connectivity index (χ2v) is 6.80. The van der Waals surface area contributed by atoms with Crippen molar-refractivity contribution in [3.8, 4) is 0 Å². The molecular formula is C11H15BrFNO2S. The van der Waals surface area contributed by atoms with Crippen molar-refractivity contribution in [3.05, 3.63) is 29.6 Å². The molecule has 17 heavy (non-hydrogen) atoms. The van der Waals surface area contributed by atoms with Gasteiger partial charge in [-0.3, -0.25) is 0 Å². The summed E-state index contributed by atoms with van der Waals surface area (Å²) in [5.74, 6) is -0.554. The van der Waals surface area contributed by atoms with Crippen LogP contribution in [0.25, 0.3) is 0 Å². The van der Waals surface area contributed by atoms with Crippen LogP contribution < -0.4 is 4.72 Å². The highest BCUT2D eigenvalue weighted by Crippen LogP contribution is 2.16. The molecule has 0 saturated carbocycles. The van der Waals surface area contributed by atoms with Crippen molar-refractivity contribution in [1.82, 2.24) is 4.72 Å². The fourth-order valence-electron chi connectivity index (χ4n) is 1.29. The van der Waals surface area contributed by atoms with Gasteiger partial charge in [0.05, 0.1) is 4.90 Å². The van der Waals surface area contributed by atoms with Gasteiger partial charge in [0.2, 0.25) is 10.0 Å². The van der Waals surface area contributed by atoms with Crippen molar-refractivity contribution in [2.75, 3.05) is 6.54 Å². The van der Waals surface area contributed by atoms with Crippen LogP contribution in [0.1, 0.15) is 18.9 Å². The topological polar surface area (TPSA) is 46.2 Å². The third-order valence-corrected chi connectivity index (χ3v) is 4.91. The van der Waals surface area contributed by atoms with Gasteiger partial charge in [0.25, 0.3) is 0 Å². The van der Waals surface area contributed by atoms with Crippen LogP contribution in [-0.4, -0.2) is 19.8 Å². The first kappa shape index (κ1) is 14.6. The fraction of sp³-hybridized carbons (Fsp3) is 0.455. The smallest absolute Gasteiger partial charge is 0.210 e. The summed E-state index contributed by atoms with van der Waals surface area (Å²) in [5.41, 5.74) is 0.529. The van der Waals surface area contributed by atoms with Crippen molar-refractivity contribution in [1.29, 1.82) is 0 Å². The number of rotatable bonds is 5. The molecule has 0 spiro atoms. The minimum Gasteiger partial charge on any atom is -0.210 e. The van der Waals surface area contributed by atoms with Crippen LogP contribution in [-0.2, 0) is 10.0 Å². The SMILES string of the molecule is CCC(Br)CNS(=O)(=O)c1cc(F)ccc1C. The number of hydrogen-bond acceptors (Lipinski definition) is 2. The standard InChI is InChI=1S/C11H15BrFNO2S/c1-3-9(12)7-14-17(15,16)11-6-10(13)5-4-8(11)2/h4-6,9,14H,3,7H2,1-2H3. The Balaban J connectivity index is 2.93. The van der Waals surface area contributed by atoms with E-state index in [9.17, 15) is 12.8 Å². The summed E-state index contributed by atoms with van der Waals surface area (Å²) in [7, 11) is -3.64. The molecule has 0 saturated heterocycles. The van der Waals surface area contributed by atoms with Crippen LogP contribution in [0.4, 0.5) is 4.39 Å². The van der Waals surface area contributed by atoms with Gasteiger partial charge in [0.1, 0.15) is 5.82 Å². The Labute approximate surface area is 110 Å². The van der Waals surface area contributed by atoms with Gasteiger partial charge in [-0.15, -0.1) is 0 Å². The van der Waals surface area contributed by atoms with E-state index in [4.69, 9.17) is 0 Å². The largest absolute Gasteiger partial charge is 0.240 e. The van der Waals surface area contributed by atoms with Gasteiger partial charge in [0, 0.05) is 11.4 Å². The summed E-state index contributed by atoms with van der Waals surface area (Å²) in [5, 5.41) is 0. The number of nitrogens with one attached hydrogen (secondary N) is 1. The van der Waals surface area contributed by atoms with Crippen LogP contribution in [0.2, 0.25) is 0 Å². The minimum atomic E-state index is -3.64. The minimum absolute atomic E-state index is 0.00620. The van der Waals surface area contributed by atoms with Crippen molar-refractivity contribution in [2.45, 2.75) is 30.0 Å². The molecule has 0 aliphatic heterocycles. The summed E-state index contributed by atoms with van der Waals surface area (Å²) < 4.78 is 39.3. The van der Waals surface area contributed by atoms with Crippen molar-refractivity contribution < 1.29 is 12.8 Å². The maximum absolute atomic E-state index is 13.0. The lowest BCUT2D eigenvalue weighted by atomic mass is 10.2. The molecule has 0 fully saturated rings. The van der Waals surface area contributed by atoms with Gasteiger partial charge in [-0.05, 0) is 31.0 Å². The Hall–Kier alpha value is -0.460. The maximum Gasteiger partial charge on any atom is 0.240 e. The molecule has 1 rings (SSSR count). The first-order valence-electron chi connectivity index (χ1n) is 5.26. The van der Waals surface area contributed by atoms with Crippen LogP contribution in [0.5, 0.6) is 0 Å². The normalized spacial score (nSPS) is 13.6. The molecule has 3 nitrogen and oxygen atoms in total. The third kappa shape index (κ3) is 4.04. The Kier molecular flexibility index (Phi) is 5.09. The first-order chi connectivity index (χ1) is 7.86. The molecule has 6 heteroatoms. The summed E-state index contributed by atoms with van der Waals surface area (Å²) in [6.45, 7) is 3.87. The van der Waals surface area contributed by atoms with Gasteiger partial charge in [0.15, 0.2) is 0 Å². The molecule has 0 heterocycles. The van der Waals surface area contributed by atoms with Crippen LogP contribution in [0.3, 0.4) is 0 Å². The second-order valence-electron chi connectivity index (χ2n) is 3.77. The van der Waals surface area contributed by atoms with Gasteiger partial charge in [-0.2, -0.15) is 0 Å². The van der Waals surface area contributed by atoms with E-state index in [1.54, 1.807) is 6.92 Å². The quantitative estimate of drug-likeness (QED) is 0.846. The molecular weight excluding hydrogens is 309 g/mol. The van der Waals surface area contributed by atoms with E-state index in [1.807, 2.05) is 6.92 Å². The van der Waals surface area contributed by atoms with E-state index < -0.39 is 15.8 Å². The molecule has 0 radical (unpaired) electrons. The van der Waals surface area contributed by atoms with Gasteiger partial charge >= 0.3 is 0 Å².